The van der Waals surface area contributed by atoms with E-state index >= 15 is 0 Å². The number of urea groups is 1. The van der Waals surface area contributed by atoms with Crippen LogP contribution in [0.5, 0.6) is 0 Å². The molecule has 1 atom stereocenters. The summed E-state index contributed by atoms with van der Waals surface area (Å²) in [6.45, 7) is 1.21. The Hall–Kier alpha value is -2.01. The van der Waals surface area contributed by atoms with Gasteiger partial charge in [-0.3, -0.25) is 0 Å². The number of nitrogens with zero attached hydrogens (tertiary/aromatic N) is 1. The molecule has 22 heavy (non-hydrogen) atoms. The summed E-state index contributed by atoms with van der Waals surface area (Å²) in [6.07, 6.45) is 0. The van der Waals surface area contributed by atoms with E-state index in [0.29, 0.717) is 13.1 Å². The fourth-order valence-corrected chi connectivity index (χ4v) is 3.71. The molecule has 1 N–H and O–H groups in total. The zero-order valence-electron chi connectivity index (χ0n) is 12.0. The van der Waals surface area contributed by atoms with Crippen molar-refractivity contribution in [2.75, 3.05) is 12.3 Å². The smallest absolute Gasteiger partial charge is 0.318 e. The molecule has 1 aliphatic heterocycles. The molecule has 0 spiro atoms. The summed E-state index contributed by atoms with van der Waals surface area (Å²) in [6, 6.07) is 16.1. The number of benzene rings is 2. The molecule has 0 radical (unpaired) electrons. The van der Waals surface area contributed by atoms with Crippen LogP contribution < -0.4 is 5.32 Å². The summed E-state index contributed by atoms with van der Waals surface area (Å²) in [5, 5.41) is 2.91. The quantitative estimate of drug-likeness (QED) is 0.934. The molecule has 0 saturated carbocycles. The van der Waals surface area contributed by atoms with Gasteiger partial charge in [-0.1, -0.05) is 42.5 Å². The molecule has 5 heteroatoms. The first-order valence-corrected chi connectivity index (χ1v) is 8.24. The van der Waals surface area contributed by atoms with Gasteiger partial charge in [0.15, 0.2) is 0 Å². The molecule has 0 unspecified atom stereocenters. The third-order valence-electron chi connectivity index (χ3n) is 3.59. The van der Waals surface area contributed by atoms with Crippen molar-refractivity contribution in [3.63, 3.8) is 0 Å². The van der Waals surface area contributed by atoms with Gasteiger partial charge in [-0.2, -0.15) is 0 Å². The van der Waals surface area contributed by atoms with Crippen molar-refractivity contribution in [1.29, 1.82) is 0 Å². The minimum absolute atomic E-state index is 0.0450. The molecule has 3 rings (SSSR count). The molecular formula is C17H17FN2OS. The average molecular weight is 316 g/mol. The van der Waals surface area contributed by atoms with Gasteiger partial charge in [0.05, 0.1) is 0 Å². The fraction of sp³-hybridized carbons (Fsp3) is 0.235. The maximum Gasteiger partial charge on any atom is 0.318 e. The Morgan fingerprint density at radius 1 is 1.18 bits per heavy atom. The molecule has 1 heterocycles. The van der Waals surface area contributed by atoms with E-state index in [0.717, 1.165) is 16.9 Å². The highest BCUT2D eigenvalue weighted by Gasteiger charge is 2.30. The first-order chi connectivity index (χ1) is 10.7. The van der Waals surface area contributed by atoms with Gasteiger partial charge in [-0.05, 0) is 23.3 Å². The van der Waals surface area contributed by atoms with Crippen LogP contribution in [0.25, 0.3) is 0 Å². The number of hydrogen-bond acceptors (Lipinski definition) is 2. The van der Waals surface area contributed by atoms with E-state index in [-0.39, 0.29) is 17.2 Å². The number of rotatable bonds is 3. The molecule has 3 nitrogen and oxygen atoms in total. The lowest BCUT2D eigenvalue weighted by Crippen LogP contribution is -2.39. The van der Waals surface area contributed by atoms with E-state index in [9.17, 15) is 9.18 Å². The second-order valence-corrected chi connectivity index (χ2v) is 6.30. The maximum atomic E-state index is 13.0. The second-order valence-electron chi connectivity index (χ2n) is 5.11. The molecule has 2 amide bonds. The van der Waals surface area contributed by atoms with E-state index in [1.165, 1.54) is 12.1 Å². The van der Waals surface area contributed by atoms with E-state index in [4.69, 9.17) is 0 Å². The molecule has 1 fully saturated rings. The van der Waals surface area contributed by atoms with Crippen LogP contribution in [0.1, 0.15) is 16.5 Å². The third-order valence-corrected chi connectivity index (χ3v) is 4.85. The highest BCUT2D eigenvalue weighted by Crippen LogP contribution is 2.37. The summed E-state index contributed by atoms with van der Waals surface area (Å²) >= 11 is 1.70. The first-order valence-electron chi connectivity index (χ1n) is 7.19. The van der Waals surface area contributed by atoms with E-state index in [1.54, 1.807) is 28.8 Å². The summed E-state index contributed by atoms with van der Waals surface area (Å²) in [4.78, 5) is 14.2. The normalized spacial score (nSPS) is 17.5. The Morgan fingerprint density at radius 3 is 2.64 bits per heavy atom. The lowest BCUT2D eigenvalue weighted by molar-refractivity contribution is 0.200. The SMILES string of the molecule is O=C(NCc1ccccc1)N1CCS[C@H]1c1ccc(F)cc1. The van der Waals surface area contributed by atoms with Crippen molar-refractivity contribution in [1.82, 2.24) is 10.2 Å². The van der Waals surface area contributed by atoms with Gasteiger partial charge in [0.2, 0.25) is 0 Å². The van der Waals surface area contributed by atoms with Crippen molar-refractivity contribution in [2.24, 2.45) is 0 Å². The Kier molecular flexibility index (Phi) is 4.63. The van der Waals surface area contributed by atoms with E-state index < -0.39 is 0 Å². The zero-order valence-corrected chi connectivity index (χ0v) is 12.9. The molecule has 1 aliphatic rings. The van der Waals surface area contributed by atoms with E-state index in [1.807, 2.05) is 30.3 Å². The van der Waals surface area contributed by atoms with Gasteiger partial charge in [-0.25, -0.2) is 9.18 Å². The number of halogens is 1. The van der Waals surface area contributed by atoms with Crippen LogP contribution >= 0.6 is 11.8 Å². The number of amides is 2. The number of carbonyl (C=O) groups is 1. The minimum atomic E-state index is -0.258. The van der Waals surface area contributed by atoms with Gasteiger partial charge in [0, 0.05) is 18.8 Å². The zero-order chi connectivity index (χ0) is 15.4. The van der Waals surface area contributed by atoms with E-state index in [2.05, 4.69) is 5.32 Å². The highest BCUT2D eigenvalue weighted by atomic mass is 32.2. The summed E-state index contributed by atoms with van der Waals surface area (Å²) in [5.41, 5.74) is 2.03. The molecule has 2 aromatic rings. The molecular weight excluding hydrogens is 299 g/mol. The molecule has 114 valence electrons. The van der Waals surface area contributed by atoms with Gasteiger partial charge in [-0.15, -0.1) is 11.8 Å². The fourth-order valence-electron chi connectivity index (χ4n) is 2.46. The standard InChI is InChI=1S/C17H17FN2OS/c18-15-8-6-14(7-9-15)16-20(10-11-22-16)17(21)19-12-13-4-2-1-3-5-13/h1-9,16H,10-12H2,(H,19,21)/t16-/m0/s1. The number of carbonyl (C=O) groups excluding carboxylic acids is 1. The Bertz CT molecular complexity index is 633. The number of hydrogen-bond donors (Lipinski definition) is 1. The van der Waals surface area contributed by atoms with Crippen molar-refractivity contribution in [3.05, 3.63) is 71.5 Å². The summed E-state index contributed by atoms with van der Waals surface area (Å²) in [5.74, 6) is 0.632. The number of nitrogens with one attached hydrogen (secondary N) is 1. The topological polar surface area (TPSA) is 32.3 Å². The molecule has 2 aromatic carbocycles. The van der Waals surface area contributed by atoms with Gasteiger partial charge in [0.25, 0.3) is 0 Å². The van der Waals surface area contributed by atoms with Gasteiger partial charge >= 0.3 is 6.03 Å². The lowest BCUT2D eigenvalue weighted by Gasteiger charge is -2.24. The molecule has 0 aromatic heterocycles. The monoisotopic (exact) mass is 316 g/mol. The van der Waals surface area contributed by atoms with Crippen molar-refractivity contribution >= 4 is 17.8 Å². The summed E-state index contributed by atoms with van der Waals surface area (Å²) in [7, 11) is 0. The second kappa shape index (κ2) is 6.83. The van der Waals surface area contributed by atoms with Crippen LogP contribution in [0.2, 0.25) is 0 Å². The minimum Gasteiger partial charge on any atom is -0.334 e. The summed E-state index contributed by atoms with van der Waals surface area (Å²) < 4.78 is 13.0. The van der Waals surface area contributed by atoms with Crippen LogP contribution in [0, 0.1) is 5.82 Å². The van der Waals surface area contributed by atoms with Gasteiger partial charge < -0.3 is 10.2 Å². The lowest BCUT2D eigenvalue weighted by atomic mass is 10.2. The van der Waals surface area contributed by atoms with Crippen molar-refractivity contribution in [3.8, 4) is 0 Å². The Labute approximate surface area is 133 Å². The number of thioether (sulfide) groups is 1. The van der Waals surface area contributed by atoms with Gasteiger partial charge in [0.1, 0.15) is 11.2 Å². The first kappa shape index (κ1) is 14.9. The Morgan fingerprint density at radius 2 is 1.91 bits per heavy atom. The molecule has 0 bridgehead atoms. The Balaban J connectivity index is 1.65. The van der Waals surface area contributed by atoms with Crippen molar-refractivity contribution < 1.29 is 9.18 Å². The van der Waals surface area contributed by atoms with Crippen LogP contribution in [-0.4, -0.2) is 23.2 Å². The largest absolute Gasteiger partial charge is 0.334 e. The van der Waals surface area contributed by atoms with Crippen LogP contribution in [0.3, 0.4) is 0 Å². The van der Waals surface area contributed by atoms with Crippen LogP contribution in [0.15, 0.2) is 54.6 Å². The maximum absolute atomic E-state index is 13.0. The van der Waals surface area contributed by atoms with Crippen LogP contribution in [0.4, 0.5) is 9.18 Å². The third kappa shape index (κ3) is 3.42. The predicted molar refractivity (Wildman–Crippen MR) is 87.0 cm³/mol. The highest BCUT2D eigenvalue weighted by molar-refractivity contribution is 7.99. The molecule has 0 aliphatic carbocycles. The van der Waals surface area contributed by atoms with Crippen LogP contribution in [-0.2, 0) is 6.54 Å². The van der Waals surface area contributed by atoms with Crippen molar-refractivity contribution in [2.45, 2.75) is 11.9 Å². The average Bonchev–Trinajstić information content (AvgIpc) is 3.04. The molecule has 1 saturated heterocycles. The predicted octanol–water partition coefficient (Wildman–Crippen LogP) is 3.78.